The Bertz CT molecular complexity index is 1100. The maximum absolute atomic E-state index is 13.0. The van der Waals surface area contributed by atoms with Gasteiger partial charge in [0.2, 0.25) is 0 Å². The van der Waals surface area contributed by atoms with Crippen molar-refractivity contribution in [2.45, 2.75) is 0 Å². The Kier molecular flexibility index (Phi) is 4.27. The Balaban J connectivity index is 1.82. The summed E-state index contributed by atoms with van der Waals surface area (Å²) in [6, 6.07) is 11.0. The molecule has 1 aliphatic heterocycles. The number of carbonyl (C=O) groups excluding carboxylic acids is 2. The quantitative estimate of drug-likeness (QED) is 0.534. The molecular weight excluding hydrogens is 340 g/mol. The Hall–Kier alpha value is -3.36. The van der Waals surface area contributed by atoms with Crippen molar-refractivity contribution >= 4 is 22.6 Å². The van der Waals surface area contributed by atoms with Gasteiger partial charge in [-0.2, -0.15) is 0 Å². The molecule has 0 N–H and O–H groups in total. The molecule has 134 valence electrons. The molecule has 1 aromatic heterocycles. The summed E-state index contributed by atoms with van der Waals surface area (Å²) < 4.78 is 5.03. The normalized spacial score (nSPS) is 13.2. The lowest BCUT2D eigenvalue weighted by atomic mass is 9.92. The highest BCUT2D eigenvalue weighted by molar-refractivity contribution is 6.25. The number of furan rings is 1. The first-order valence-corrected chi connectivity index (χ1v) is 8.66. The third kappa shape index (κ3) is 3.12. The molecule has 5 heteroatoms. The molecule has 27 heavy (non-hydrogen) atoms. The molecule has 0 radical (unpaired) electrons. The number of nitrogens with zero attached hydrogens (tertiary/aromatic N) is 2. The lowest BCUT2D eigenvalue weighted by molar-refractivity contribution is 0.0601. The maximum atomic E-state index is 13.0. The van der Waals surface area contributed by atoms with Crippen LogP contribution in [0.15, 0.2) is 53.3 Å². The lowest BCUT2D eigenvalue weighted by Gasteiger charge is -2.28. The number of benzene rings is 2. The van der Waals surface area contributed by atoms with Crippen LogP contribution in [0, 0.1) is 11.8 Å². The van der Waals surface area contributed by atoms with Gasteiger partial charge in [-0.1, -0.05) is 24.0 Å². The third-order valence-corrected chi connectivity index (χ3v) is 4.57. The van der Waals surface area contributed by atoms with Gasteiger partial charge in [-0.3, -0.25) is 14.5 Å². The molecule has 4 rings (SSSR count). The first-order valence-electron chi connectivity index (χ1n) is 8.66. The van der Waals surface area contributed by atoms with Crippen LogP contribution >= 0.6 is 0 Å². The second-order valence-corrected chi connectivity index (χ2v) is 6.75. The standard InChI is InChI=1S/C22H18N2O3/c1-23(2)9-10-24-21(25)18-5-3-4-17-12-16(7-6-15-8-11-27-14-15)13-19(20(17)18)22(24)26/h3-5,8,11-14H,9-10H2,1-2H3. The van der Waals surface area contributed by atoms with Crippen molar-refractivity contribution in [2.24, 2.45) is 0 Å². The van der Waals surface area contributed by atoms with Crippen molar-refractivity contribution < 1.29 is 14.0 Å². The summed E-state index contributed by atoms with van der Waals surface area (Å²) in [4.78, 5) is 29.1. The minimum atomic E-state index is -0.266. The molecule has 0 saturated heterocycles. The van der Waals surface area contributed by atoms with E-state index in [4.69, 9.17) is 4.42 Å². The molecule has 0 fully saturated rings. The Morgan fingerprint density at radius 3 is 2.52 bits per heavy atom. The van der Waals surface area contributed by atoms with Crippen LogP contribution < -0.4 is 0 Å². The number of hydrogen-bond acceptors (Lipinski definition) is 4. The summed E-state index contributed by atoms with van der Waals surface area (Å²) in [5, 5.41) is 1.55. The molecule has 2 heterocycles. The molecule has 0 unspecified atom stereocenters. The number of carbonyl (C=O) groups is 2. The number of amides is 2. The van der Waals surface area contributed by atoms with Gasteiger partial charge in [0.15, 0.2) is 0 Å². The van der Waals surface area contributed by atoms with E-state index in [1.807, 2.05) is 37.2 Å². The van der Waals surface area contributed by atoms with Gasteiger partial charge in [-0.05, 0) is 43.7 Å². The zero-order valence-electron chi connectivity index (χ0n) is 15.2. The molecule has 0 bridgehead atoms. The fraction of sp³-hybridized carbons (Fsp3) is 0.182. The summed E-state index contributed by atoms with van der Waals surface area (Å²) in [6.07, 6.45) is 3.14. The molecule has 0 saturated carbocycles. The average molecular weight is 358 g/mol. The Labute approximate surface area is 157 Å². The SMILES string of the molecule is CN(C)CCN1C(=O)c2cccc3cc(C#Cc4ccoc4)cc(c23)C1=O. The molecule has 2 aromatic carbocycles. The summed E-state index contributed by atoms with van der Waals surface area (Å²) in [5.74, 6) is 5.60. The smallest absolute Gasteiger partial charge is 0.261 e. The van der Waals surface area contributed by atoms with Gasteiger partial charge < -0.3 is 9.32 Å². The lowest BCUT2D eigenvalue weighted by Crippen LogP contribution is -2.43. The van der Waals surface area contributed by atoms with E-state index >= 15 is 0 Å². The first-order chi connectivity index (χ1) is 13.0. The topological polar surface area (TPSA) is 53.8 Å². The highest BCUT2D eigenvalue weighted by Crippen LogP contribution is 2.31. The van der Waals surface area contributed by atoms with Crippen molar-refractivity contribution in [3.05, 3.63) is 71.2 Å². The van der Waals surface area contributed by atoms with E-state index in [0.717, 1.165) is 16.5 Å². The van der Waals surface area contributed by atoms with Gasteiger partial charge in [0.25, 0.3) is 11.8 Å². The fourth-order valence-electron chi connectivity index (χ4n) is 3.21. The monoisotopic (exact) mass is 358 g/mol. The van der Waals surface area contributed by atoms with E-state index < -0.39 is 0 Å². The van der Waals surface area contributed by atoms with E-state index in [1.165, 1.54) is 4.90 Å². The summed E-state index contributed by atoms with van der Waals surface area (Å²) in [5.41, 5.74) is 2.59. The molecule has 0 aliphatic carbocycles. The predicted octanol–water partition coefficient (Wildman–Crippen LogP) is 2.99. The number of imide groups is 1. The second-order valence-electron chi connectivity index (χ2n) is 6.75. The van der Waals surface area contributed by atoms with Crippen LogP contribution in [0.3, 0.4) is 0 Å². The Morgan fingerprint density at radius 1 is 1.00 bits per heavy atom. The van der Waals surface area contributed by atoms with Gasteiger partial charge in [0.05, 0.1) is 11.8 Å². The van der Waals surface area contributed by atoms with Crippen molar-refractivity contribution in [1.29, 1.82) is 0 Å². The van der Waals surface area contributed by atoms with Crippen molar-refractivity contribution in [3.8, 4) is 11.8 Å². The predicted molar refractivity (Wildman–Crippen MR) is 103 cm³/mol. The van der Waals surface area contributed by atoms with Crippen LogP contribution in [0.4, 0.5) is 0 Å². The summed E-state index contributed by atoms with van der Waals surface area (Å²) >= 11 is 0. The summed E-state index contributed by atoms with van der Waals surface area (Å²) in [7, 11) is 3.83. The minimum Gasteiger partial charge on any atom is -0.471 e. The molecule has 3 aromatic rings. The first kappa shape index (κ1) is 17.1. The highest BCUT2D eigenvalue weighted by atomic mass is 16.3. The minimum absolute atomic E-state index is 0.239. The van der Waals surface area contributed by atoms with Crippen molar-refractivity contribution in [2.75, 3.05) is 27.2 Å². The van der Waals surface area contributed by atoms with Crippen LogP contribution in [-0.2, 0) is 0 Å². The number of rotatable bonds is 3. The van der Waals surface area contributed by atoms with Gasteiger partial charge in [0.1, 0.15) is 6.26 Å². The van der Waals surface area contributed by atoms with Gasteiger partial charge in [0, 0.05) is 35.2 Å². The van der Waals surface area contributed by atoms with E-state index in [-0.39, 0.29) is 11.8 Å². The number of hydrogen-bond donors (Lipinski definition) is 0. The maximum Gasteiger partial charge on any atom is 0.261 e. The molecule has 2 amide bonds. The van der Waals surface area contributed by atoms with Crippen LogP contribution in [0.2, 0.25) is 0 Å². The molecule has 0 atom stereocenters. The van der Waals surface area contributed by atoms with Crippen molar-refractivity contribution in [1.82, 2.24) is 9.80 Å². The van der Waals surface area contributed by atoms with Gasteiger partial charge in [-0.15, -0.1) is 0 Å². The van der Waals surface area contributed by atoms with Crippen LogP contribution in [0.25, 0.3) is 10.8 Å². The number of likely N-dealkylation sites (N-methyl/N-ethyl adjacent to an activating group) is 1. The van der Waals surface area contributed by atoms with Crippen molar-refractivity contribution in [3.63, 3.8) is 0 Å². The zero-order valence-corrected chi connectivity index (χ0v) is 15.2. The largest absolute Gasteiger partial charge is 0.471 e. The third-order valence-electron chi connectivity index (χ3n) is 4.57. The molecular formula is C22H18N2O3. The van der Waals surface area contributed by atoms with Crippen LogP contribution in [0.1, 0.15) is 31.8 Å². The zero-order chi connectivity index (χ0) is 19.0. The Morgan fingerprint density at radius 2 is 1.78 bits per heavy atom. The highest BCUT2D eigenvalue weighted by Gasteiger charge is 2.32. The van der Waals surface area contributed by atoms with Crippen LogP contribution in [0.5, 0.6) is 0 Å². The second kappa shape index (κ2) is 6.75. The molecule has 5 nitrogen and oxygen atoms in total. The van der Waals surface area contributed by atoms with E-state index in [1.54, 1.807) is 30.7 Å². The van der Waals surface area contributed by atoms with E-state index in [9.17, 15) is 9.59 Å². The average Bonchev–Trinajstić information content (AvgIpc) is 3.17. The molecule has 1 aliphatic rings. The van der Waals surface area contributed by atoms with Gasteiger partial charge in [-0.25, -0.2) is 0 Å². The fourth-order valence-corrected chi connectivity index (χ4v) is 3.21. The van der Waals surface area contributed by atoms with E-state index in [2.05, 4.69) is 11.8 Å². The van der Waals surface area contributed by atoms with E-state index in [0.29, 0.717) is 29.6 Å². The molecule has 0 spiro atoms. The summed E-state index contributed by atoms with van der Waals surface area (Å²) in [6.45, 7) is 0.966. The van der Waals surface area contributed by atoms with Crippen LogP contribution in [-0.4, -0.2) is 48.8 Å². The van der Waals surface area contributed by atoms with Gasteiger partial charge >= 0.3 is 0 Å².